The molecule has 6 N–H and O–H groups in total. The van der Waals surface area contributed by atoms with Crippen LogP contribution in [0.2, 0.25) is 0 Å². The summed E-state index contributed by atoms with van der Waals surface area (Å²) in [6.07, 6.45) is 2.98. The Hall–Kier alpha value is -0.650. The van der Waals surface area contributed by atoms with Gasteiger partial charge < -0.3 is 21.9 Å². The largest absolute Gasteiger partial charge is 0.382 e. The summed E-state index contributed by atoms with van der Waals surface area (Å²) in [6, 6.07) is 0.778. The van der Waals surface area contributed by atoms with Crippen LogP contribution in [0.5, 0.6) is 0 Å². The number of carbonyl (C=O) groups excluding carboxylic acids is 1. The highest BCUT2D eigenvalue weighted by atomic mass is 16.3. The second-order valence-corrected chi connectivity index (χ2v) is 3.02. The van der Waals surface area contributed by atoms with E-state index in [0.717, 1.165) is 12.0 Å². The van der Waals surface area contributed by atoms with Gasteiger partial charge in [-0.15, -0.1) is 0 Å². The number of nitrogens with two attached hydrogens (primary N) is 2. The fourth-order valence-electron chi connectivity index (χ4n) is 1.47. The van der Waals surface area contributed by atoms with E-state index in [-0.39, 0.29) is 13.1 Å². The summed E-state index contributed by atoms with van der Waals surface area (Å²) >= 11 is 0. The van der Waals surface area contributed by atoms with Crippen LogP contribution in [0.25, 0.3) is 0 Å². The number of hydrogen-bond acceptors (Lipinski definition) is 4. The summed E-state index contributed by atoms with van der Waals surface area (Å²) < 4.78 is 0. The summed E-state index contributed by atoms with van der Waals surface area (Å²) in [6.45, 7) is 9.54. The van der Waals surface area contributed by atoms with Crippen molar-refractivity contribution in [2.75, 3.05) is 13.3 Å². The maximum Gasteiger partial charge on any atom is 0.204 e. The van der Waals surface area contributed by atoms with E-state index in [9.17, 15) is 0 Å². The quantitative estimate of drug-likeness (QED) is 0.391. The van der Waals surface area contributed by atoms with Crippen molar-refractivity contribution in [3.63, 3.8) is 0 Å². The lowest BCUT2D eigenvalue weighted by Crippen LogP contribution is -2.22. The number of aliphatic hydroxyl groups excluding tert-OH is 1. The van der Waals surface area contributed by atoms with Crippen LogP contribution in [0.4, 0.5) is 0 Å². The molecule has 0 aromatic carbocycles. The summed E-state index contributed by atoms with van der Waals surface area (Å²) in [5, 5.41) is 10.8. The third-order valence-electron chi connectivity index (χ3n) is 2.21. The number of hydrogen-bond donors (Lipinski definition) is 4. The van der Waals surface area contributed by atoms with E-state index < -0.39 is 0 Å². The molecule has 0 aromatic rings. The van der Waals surface area contributed by atoms with Gasteiger partial charge in [0.05, 0.1) is 6.73 Å². The van der Waals surface area contributed by atoms with Crippen LogP contribution in [0.1, 0.15) is 40.5 Å². The van der Waals surface area contributed by atoms with Gasteiger partial charge in [-0.1, -0.05) is 27.2 Å². The molecule has 1 aliphatic heterocycles. The Morgan fingerprint density at radius 1 is 1.50 bits per heavy atom. The molecular weight excluding hydrogens is 206 g/mol. The normalized spacial score (nSPS) is 21.4. The van der Waals surface area contributed by atoms with E-state index in [1.54, 1.807) is 0 Å². The van der Waals surface area contributed by atoms with Gasteiger partial charge in [0.1, 0.15) is 0 Å². The zero-order chi connectivity index (χ0) is 13.4. The molecule has 0 spiro atoms. The van der Waals surface area contributed by atoms with Crippen molar-refractivity contribution >= 4 is 6.41 Å². The molecule has 2 atom stereocenters. The molecule has 0 aliphatic carbocycles. The van der Waals surface area contributed by atoms with Gasteiger partial charge in [-0.25, -0.2) is 0 Å². The zero-order valence-corrected chi connectivity index (χ0v) is 11.1. The van der Waals surface area contributed by atoms with Crippen LogP contribution in [0.15, 0.2) is 0 Å². The van der Waals surface area contributed by atoms with E-state index in [1.807, 2.05) is 13.8 Å². The van der Waals surface area contributed by atoms with E-state index in [0.29, 0.717) is 0 Å². The first-order valence-electron chi connectivity index (χ1n) is 5.87. The van der Waals surface area contributed by atoms with Crippen molar-refractivity contribution in [1.82, 2.24) is 5.32 Å². The van der Waals surface area contributed by atoms with Crippen molar-refractivity contribution in [3.05, 3.63) is 0 Å². The molecule has 0 saturated carbocycles. The predicted molar refractivity (Wildman–Crippen MR) is 68.7 cm³/mol. The van der Waals surface area contributed by atoms with E-state index in [2.05, 4.69) is 30.6 Å². The van der Waals surface area contributed by atoms with Gasteiger partial charge in [0.2, 0.25) is 6.41 Å². The van der Waals surface area contributed by atoms with E-state index in [1.165, 1.54) is 19.4 Å². The topological polar surface area (TPSA) is 101 Å². The molecule has 1 fully saturated rings. The van der Waals surface area contributed by atoms with Gasteiger partial charge in [0.15, 0.2) is 0 Å². The van der Waals surface area contributed by atoms with Crippen molar-refractivity contribution < 1.29 is 9.90 Å². The first-order chi connectivity index (χ1) is 7.67. The standard InChI is InChI=1S/C7H15N.C2H6.CH5NO.CH3NO/c1-3-7-4-5-8-6(7)2;1-2;2*2-1-3/h6-8H,3-5H2,1-2H3;1-2H3;3H,1-2H2;1H,(H2,2,3)/t6-,7-;;;/m1.../s1. The van der Waals surface area contributed by atoms with Crippen LogP contribution >= 0.6 is 0 Å². The Balaban J connectivity index is -0.000000179. The van der Waals surface area contributed by atoms with Gasteiger partial charge in [0, 0.05) is 6.04 Å². The van der Waals surface area contributed by atoms with Crippen LogP contribution < -0.4 is 16.8 Å². The molecule has 1 aliphatic rings. The Kier molecular flexibility index (Phi) is 25.7. The van der Waals surface area contributed by atoms with Crippen molar-refractivity contribution in [1.29, 1.82) is 0 Å². The van der Waals surface area contributed by atoms with E-state index in [4.69, 9.17) is 9.90 Å². The third kappa shape index (κ3) is 15.8. The first kappa shape index (κ1) is 20.7. The minimum Gasteiger partial charge on any atom is -0.382 e. The average molecular weight is 235 g/mol. The van der Waals surface area contributed by atoms with E-state index >= 15 is 0 Å². The Morgan fingerprint density at radius 3 is 2.00 bits per heavy atom. The maximum atomic E-state index is 8.58. The van der Waals surface area contributed by atoms with Crippen LogP contribution in [0, 0.1) is 5.92 Å². The smallest absolute Gasteiger partial charge is 0.204 e. The van der Waals surface area contributed by atoms with Gasteiger partial charge in [-0.05, 0) is 25.8 Å². The molecule has 5 nitrogen and oxygen atoms in total. The van der Waals surface area contributed by atoms with Crippen LogP contribution in [-0.4, -0.2) is 30.8 Å². The molecule has 0 radical (unpaired) electrons. The van der Waals surface area contributed by atoms with Gasteiger partial charge in [-0.3, -0.25) is 4.79 Å². The fourth-order valence-corrected chi connectivity index (χ4v) is 1.47. The van der Waals surface area contributed by atoms with Crippen molar-refractivity contribution in [3.8, 4) is 0 Å². The summed E-state index contributed by atoms with van der Waals surface area (Å²) in [5.74, 6) is 0.954. The van der Waals surface area contributed by atoms with Crippen LogP contribution in [0.3, 0.4) is 0 Å². The lowest BCUT2D eigenvalue weighted by molar-refractivity contribution is -0.106. The van der Waals surface area contributed by atoms with Gasteiger partial charge in [0.25, 0.3) is 0 Å². The average Bonchev–Trinajstić information content (AvgIpc) is 2.69. The van der Waals surface area contributed by atoms with Crippen molar-refractivity contribution in [2.45, 2.75) is 46.6 Å². The van der Waals surface area contributed by atoms with Gasteiger partial charge >= 0.3 is 0 Å². The number of rotatable bonds is 1. The number of aliphatic hydroxyl groups is 1. The second kappa shape index (κ2) is 19.9. The Bertz CT molecular complexity index is 124. The lowest BCUT2D eigenvalue weighted by atomic mass is 10.00. The molecule has 0 aromatic heterocycles. The second-order valence-electron chi connectivity index (χ2n) is 3.02. The van der Waals surface area contributed by atoms with Gasteiger partial charge in [-0.2, -0.15) is 0 Å². The predicted octanol–water partition coefficient (Wildman–Crippen LogP) is 0.417. The highest BCUT2D eigenvalue weighted by Gasteiger charge is 2.19. The van der Waals surface area contributed by atoms with Crippen LogP contribution in [-0.2, 0) is 4.79 Å². The first-order valence-corrected chi connectivity index (χ1v) is 5.87. The minimum absolute atomic E-state index is 0.250. The molecule has 1 amide bonds. The molecule has 1 heterocycles. The van der Waals surface area contributed by atoms with Crippen molar-refractivity contribution in [2.24, 2.45) is 17.4 Å². The Morgan fingerprint density at radius 2 is 1.88 bits per heavy atom. The molecule has 5 heteroatoms. The Labute approximate surface area is 99.6 Å². The molecule has 0 bridgehead atoms. The maximum absolute atomic E-state index is 8.58. The molecule has 16 heavy (non-hydrogen) atoms. The fraction of sp³-hybridized carbons (Fsp3) is 0.909. The summed E-state index contributed by atoms with van der Waals surface area (Å²) in [5.41, 5.74) is 8.57. The lowest BCUT2D eigenvalue weighted by Gasteiger charge is -2.10. The molecule has 100 valence electrons. The zero-order valence-electron chi connectivity index (χ0n) is 11.1. The SMILES string of the molecule is CC.CC[C@@H]1CCN[C@@H]1C.NC=O.NCO. The number of nitrogens with one attached hydrogen (secondary N) is 1. The minimum atomic E-state index is -0.250. The highest BCUT2D eigenvalue weighted by Crippen LogP contribution is 2.17. The molecule has 1 rings (SSSR count). The highest BCUT2D eigenvalue weighted by molar-refractivity contribution is 5.42. The summed E-state index contributed by atoms with van der Waals surface area (Å²) in [7, 11) is 0. The summed E-state index contributed by atoms with van der Waals surface area (Å²) in [4.78, 5) is 8.58. The monoisotopic (exact) mass is 235 g/mol. The molecule has 1 saturated heterocycles. The molecular formula is C11H29N3O2. The number of amides is 1. The third-order valence-corrected chi connectivity index (χ3v) is 2.21. The number of carbonyl (C=O) groups is 1. The number of primary amides is 1. The molecule has 0 unspecified atom stereocenters.